The van der Waals surface area contributed by atoms with Crippen LogP contribution in [0.3, 0.4) is 0 Å². The summed E-state index contributed by atoms with van der Waals surface area (Å²) < 4.78 is 33.9. The van der Waals surface area contributed by atoms with E-state index in [0.29, 0.717) is 0 Å². The Morgan fingerprint density at radius 1 is 0.765 bits per heavy atom. The van der Waals surface area contributed by atoms with E-state index in [2.05, 4.69) is 54.6 Å². The van der Waals surface area contributed by atoms with Gasteiger partial charge in [0.25, 0.3) is 10.0 Å². The van der Waals surface area contributed by atoms with Crippen LogP contribution in [-0.2, 0) is 14.8 Å². The molecular weight excluding hydrogens is 446 g/mol. The van der Waals surface area contributed by atoms with Crippen LogP contribution in [0.1, 0.15) is 39.7 Å². The van der Waals surface area contributed by atoms with Gasteiger partial charge in [0.05, 0.1) is 4.90 Å². The van der Waals surface area contributed by atoms with Gasteiger partial charge < -0.3 is 4.74 Å². The molecule has 0 saturated carbocycles. The normalized spacial score (nSPS) is 30.3. The first-order valence-electron chi connectivity index (χ1n) is 11.6. The summed E-state index contributed by atoms with van der Waals surface area (Å²) in [6.07, 6.45) is 2.70. The van der Waals surface area contributed by atoms with Crippen molar-refractivity contribution in [2.45, 2.75) is 35.8 Å². The Balaban J connectivity index is 1.36. The fraction of sp³-hybridized carbons (Fsp3) is 0.250. The largest absolute Gasteiger partial charge is 0.442 e. The van der Waals surface area contributed by atoms with Crippen LogP contribution in [0.5, 0.6) is 0 Å². The molecule has 0 spiro atoms. The second kappa shape index (κ2) is 6.83. The molecule has 2 bridgehead atoms. The van der Waals surface area contributed by atoms with Gasteiger partial charge in [0, 0.05) is 17.8 Å². The van der Waals surface area contributed by atoms with Crippen molar-refractivity contribution >= 4 is 16.1 Å². The van der Waals surface area contributed by atoms with Gasteiger partial charge in [-0.2, -0.15) is 4.31 Å². The van der Waals surface area contributed by atoms with E-state index < -0.39 is 28.3 Å². The third-order valence-electron chi connectivity index (χ3n) is 8.06. The highest BCUT2D eigenvalue weighted by Crippen LogP contribution is 2.62. The Hall–Kier alpha value is -3.38. The van der Waals surface area contributed by atoms with E-state index in [0.717, 1.165) is 9.87 Å². The lowest BCUT2D eigenvalue weighted by atomic mass is 9.51. The summed E-state index contributed by atoms with van der Waals surface area (Å²) in [7, 11) is -4.04. The summed E-state index contributed by atoms with van der Waals surface area (Å²) in [5.41, 5.74) is 6.12. The summed E-state index contributed by atoms with van der Waals surface area (Å²) in [5, 5.41) is 0. The molecule has 1 heterocycles. The number of carbonyl (C=O) groups is 1. The van der Waals surface area contributed by atoms with Crippen molar-refractivity contribution in [3.8, 4) is 0 Å². The standard InChI is InChI=1S/C28H23NO4S/c1-16-10-12-17(13-11-16)34(31,32)29-23-15-14-22-24-18-6-2-4-8-20(18)25(21-9-5-3-7-19(21)24)26(22)27(23)33-28(29)30/h2-15,22-27H,1H3/t22-,23-,24?,25?,26-,27-/m0/s1. The zero-order valence-corrected chi connectivity index (χ0v) is 19.4. The number of allylic oxidation sites excluding steroid dienone is 1. The number of benzene rings is 3. The average molecular weight is 470 g/mol. The van der Waals surface area contributed by atoms with Crippen LogP contribution in [-0.4, -0.2) is 31.0 Å². The number of ether oxygens (including phenoxy) is 1. The molecule has 0 unspecified atom stereocenters. The Morgan fingerprint density at radius 2 is 1.32 bits per heavy atom. The van der Waals surface area contributed by atoms with Crippen molar-refractivity contribution < 1.29 is 17.9 Å². The molecule has 5 aliphatic rings. The van der Waals surface area contributed by atoms with Crippen molar-refractivity contribution in [3.63, 3.8) is 0 Å². The van der Waals surface area contributed by atoms with Crippen LogP contribution >= 0.6 is 0 Å². The summed E-state index contributed by atoms with van der Waals surface area (Å²) in [5.74, 6) is 0.341. The summed E-state index contributed by atoms with van der Waals surface area (Å²) in [6.45, 7) is 1.90. The molecule has 3 aromatic rings. The van der Waals surface area contributed by atoms with Gasteiger partial charge in [0.1, 0.15) is 12.1 Å². The van der Waals surface area contributed by atoms with Crippen LogP contribution in [0, 0.1) is 18.8 Å². The van der Waals surface area contributed by atoms with Crippen LogP contribution in [0.25, 0.3) is 0 Å². The quantitative estimate of drug-likeness (QED) is 0.498. The van der Waals surface area contributed by atoms with Crippen molar-refractivity contribution in [2.24, 2.45) is 11.8 Å². The number of fused-ring (bicyclic) bond motifs is 1. The molecule has 1 amide bonds. The van der Waals surface area contributed by atoms with E-state index in [1.165, 1.54) is 22.3 Å². The fourth-order valence-corrected chi connectivity index (χ4v) is 8.18. The third kappa shape index (κ3) is 2.49. The molecule has 5 nitrogen and oxygen atoms in total. The first-order valence-corrected chi connectivity index (χ1v) is 13.1. The van der Waals surface area contributed by atoms with Gasteiger partial charge >= 0.3 is 6.09 Å². The molecule has 8 rings (SSSR count). The van der Waals surface area contributed by atoms with E-state index in [-0.39, 0.29) is 28.6 Å². The van der Waals surface area contributed by atoms with Gasteiger partial charge in [-0.05, 0) is 47.2 Å². The number of hydrogen-bond acceptors (Lipinski definition) is 4. The van der Waals surface area contributed by atoms with Gasteiger partial charge in [-0.15, -0.1) is 0 Å². The molecule has 3 aromatic carbocycles. The molecule has 4 aliphatic carbocycles. The van der Waals surface area contributed by atoms with Gasteiger partial charge in [0.15, 0.2) is 0 Å². The van der Waals surface area contributed by atoms with E-state index in [9.17, 15) is 13.2 Å². The zero-order valence-electron chi connectivity index (χ0n) is 18.5. The first-order chi connectivity index (χ1) is 16.5. The molecule has 1 fully saturated rings. The lowest BCUT2D eigenvalue weighted by Crippen LogP contribution is -2.51. The Kier molecular flexibility index (Phi) is 4.02. The summed E-state index contributed by atoms with van der Waals surface area (Å²) in [6, 6.07) is 23.0. The smallest absolute Gasteiger partial charge is 0.424 e. The zero-order chi connectivity index (χ0) is 23.2. The molecule has 34 heavy (non-hydrogen) atoms. The second-order valence-corrected chi connectivity index (χ2v) is 11.5. The van der Waals surface area contributed by atoms with E-state index in [1.54, 1.807) is 24.3 Å². The number of sulfonamides is 1. The first kappa shape index (κ1) is 20.0. The van der Waals surface area contributed by atoms with E-state index >= 15 is 0 Å². The Morgan fingerprint density at radius 3 is 1.91 bits per heavy atom. The maximum atomic E-state index is 13.5. The van der Waals surface area contributed by atoms with Gasteiger partial charge in [-0.1, -0.05) is 78.4 Å². The minimum atomic E-state index is -4.04. The van der Waals surface area contributed by atoms with Crippen molar-refractivity contribution in [3.05, 3.63) is 113 Å². The maximum Gasteiger partial charge on any atom is 0.424 e. The van der Waals surface area contributed by atoms with Crippen LogP contribution in [0.2, 0.25) is 0 Å². The van der Waals surface area contributed by atoms with E-state index in [1.807, 2.05) is 13.0 Å². The molecule has 0 radical (unpaired) electrons. The molecule has 0 N–H and O–H groups in total. The molecular formula is C28H23NO4S. The second-order valence-electron chi connectivity index (χ2n) is 9.71. The predicted molar refractivity (Wildman–Crippen MR) is 127 cm³/mol. The number of aryl methyl sites for hydroxylation is 1. The molecule has 4 atom stereocenters. The lowest BCUT2D eigenvalue weighted by molar-refractivity contribution is 0.0523. The maximum absolute atomic E-state index is 13.5. The average Bonchev–Trinajstić information content (AvgIpc) is 3.21. The molecule has 6 heteroatoms. The fourth-order valence-electron chi connectivity index (χ4n) is 6.72. The minimum absolute atomic E-state index is 0.0213. The van der Waals surface area contributed by atoms with Crippen LogP contribution in [0.4, 0.5) is 4.79 Å². The minimum Gasteiger partial charge on any atom is -0.442 e. The summed E-state index contributed by atoms with van der Waals surface area (Å²) in [4.78, 5) is 13.2. The Bertz CT molecular complexity index is 1430. The predicted octanol–water partition coefficient (Wildman–Crippen LogP) is 4.97. The third-order valence-corrected chi connectivity index (χ3v) is 9.84. The summed E-state index contributed by atoms with van der Waals surface area (Å²) >= 11 is 0. The number of amides is 1. The number of hydrogen-bond donors (Lipinski definition) is 0. The monoisotopic (exact) mass is 469 g/mol. The van der Waals surface area contributed by atoms with Crippen molar-refractivity contribution in [2.75, 3.05) is 0 Å². The van der Waals surface area contributed by atoms with Crippen molar-refractivity contribution in [1.29, 1.82) is 0 Å². The highest BCUT2D eigenvalue weighted by molar-refractivity contribution is 7.89. The SMILES string of the molecule is Cc1ccc(S(=O)(=O)N2C(=O)O[C@@H]3[C@@H]4C5c6ccccc6C(c6ccccc65)[C@@H]4C=C[C@@H]32)cc1. The Labute approximate surface area is 198 Å². The number of carbonyl (C=O) groups excluding carboxylic acids is 1. The van der Waals surface area contributed by atoms with Gasteiger partial charge in [-0.25, -0.2) is 13.2 Å². The molecule has 1 saturated heterocycles. The van der Waals surface area contributed by atoms with Crippen LogP contribution < -0.4 is 0 Å². The molecule has 170 valence electrons. The van der Waals surface area contributed by atoms with Crippen LogP contribution in [0.15, 0.2) is 89.8 Å². The molecule has 0 aromatic heterocycles. The highest BCUT2D eigenvalue weighted by atomic mass is 32.2. The highest BCUT2D eigenvalue weighted by Gasteiger charge is 2.60. The van der Waals surface area contributed by atoms with Gasteiger partial charge in [-0.3, -0.25) is 0 Å². The van der Waals surface area contributed by atoms with E-state index in [4.69, 9.17) is 4.74 Å². The number of nitrogens with zero attached hydrogens (tertiary/aromatic N) is 1. The van der Waals surface area contributed by atoms with Crippen molar-refractivity contribution in [1.82, 2.24) is 4.31 Å². The number of rotatable bonds is 2. The van der Waals surface area contributed by atoms with Gasteiger partial charge in [0.2, 0.25) is 0 Å². The lowest BCUT2D eigenvalue weighted by Gasteiger charge is -2.53. The topological polar surface area (TPSA) is 63.7 Å². The molecule has 1 aliphatic heterocycles.